The van der Waals surface area contributed by atoms with Gasteiger partial charge in [-0.05, 0) is 75.1 Å². The van der Waals surface area contributed by atoms with Crippen LogP contribution in [-0.2, 0) is 26.2 Å². The molecule has 1 saturated carbocycles. The Bertz CT molecular complexity index is 1590. The van der Waals surface area contributed by atoms with Crippen molar-refractivity contribution in [3.05, 3.63) is 77.9 Å². The van der Waals surface area contributed by atoms with Crippen LogP contribution < -0.4 is 23.8 Å². The van der Waals surface area contributed by atoms with Gasteiger partial charge in [0.05, 0.1) is 31.4 Å². The van der Waals surface area contributed by atoms with Gasteiger partial charge in [0.2, 0.25) is 11.8 Å². The van der Waals surface area contributed by atoms with Gasteiger partial charge in [0, 0.05) is 18.7 Å². The second-order valence-corrected chi connectivity index (χ2v) is 13.2. The second-order valence-electron chi connectivity index (χ2n) is 11.4. The van der Waals surface area contributed by atoms with Gasteiger partial charge in [0.1, 0.15) is 18.3 Å². The minimum absolute atomic E-state index is 0.0725. The highest BCUT2D eigenvalue weighted by molar-refractivity contribution is 7.92. The van der Waals surface area contributed by atoms with Gasteiger partial charge >= 0.3 is 0 Å². The van der Waals surface area contributed by atoms with Crippen LogP contribution in [0.3, 0.4) is 0 Å². The fourth-order valence-electron chi connectivity index (χ4n) is 5.80. The van der Waals surface area contributed by atoms with Crippen LogP contribution in [0, 0.1) is 6.92 Å². The Labute approximate surface area is 272 Å². The number of benzene rings is 3. The molecule has 0 radical (unpaired) electrons. The Morgan fingerprint density at radius 1 is 0.935 bits per heavy atom. The quantitative estimate of drug-likeness (QED) is 0.232. The van der Waals surface area contributed by atoms with Crippen molar-refractivity contribution in [1.29, 1.82) is 0 Å². The third kappa shape index (κ3) is 8.31. The average molecular weight is 652 g/mol. The van der Waals surface area contributed by atoms with Crippen molar-refractivity contribution in [1.82, 2.24) is 10.2 Å². The first-order valence-corrected chi connectivity index (χ1v) is 17.2. The molecule has 0 saturated heterocycles. The molecule has 0 aromatic heterocycles. The molecule has 0 heterocycles. The number of rotatable bonds is 15. The van der Waals surface area contributed by atoms with Gasteiger partial charge < -0.3 is 24.4 Å². The van der Waals surface area contributed by atoms with Gasteiger partial charge in [0.25, 0.3) is 10.0 Å². The number of hydrogen-bond acceptors (Lipinski definition) is 7. The van der Waals surface area contributed by atoms with Crippen molar-refractivity contribution in [3.63, 3.8) is 0 Å². The standard InChI is InChI=1S/C35H45N3O7S/c1-6-31(35(40)36-27-13-8-9-14-27)37(23-26-12-10-11-25(3)21-26)34(39)24-38(28-15-17-29(18-16-28)45-7-2)46(41,42)30-19-20-32(43-4)33(22-30)44-5/h10-12,15-22,27,31H,6-9,13-14,23-24H2,1-5H3,(H,36,40). The fourth-order valence-corrected chi connectivity index (χ4v) is 7.23. The molecule has 3 aromatic rings. The lowest BCUT2D eigenvalue weighted by Crippen LogP contribution is -2.53. The largest absolute Gasteiger partial charge is 0.494 e. The number of carbonyl (C=O) groups is 2. The smallest absolute Gasteiger partial charge is 0.264 e. The van der Waals surface area contributed by atoms with Crippen molar-refractivity contribution >= 4 is 27.5 Å². The lowest BCUT2D eigenvalue weighted by molar-refractivity contribution is -0.140. The first-order valence-electron chi connectivity index (χ1n) is 15.7. The maximum absolute atomic E-state index is 14.4. The Balaban J connectivity index is 1.75. The molecule has 248 valence electrons. The van der Waals surface area contributed by atoms with Gasteiger partial charge in [-0.15, -0.1) is 0 Å². The molecule has 1 aliphatic rings. The second kappa shape index (κ2) is 15.8. The summed E-state index contributed by atoms with van der Waals surface area (Å²) < 4.78 is 46.0. The van der Waals surface area contributed by atoms with Gasteiger partial charge in [-0.25, -0.2) is 8.42 Å². The van der Waals surface area contributed by atoms with E-state index >= 15 is 0 Å². The lowest BCUT2D eigenvalue weighted by Gasteiger charge is -2.34. The van der Waals surface area contributed by atoms with Crippen LogP contribution in [0.2, 0.25) is 0 Å². The Kier molecular flexibility index (Phi) is 11.9. The summed E-state index contributed by atoms with van der Waals surface area (Å²) in [7, 11) is -1.42. The van der Waals surface area contributed by atoms with E-state index in [9.17, 15) is 18.0 Å². The van der Waals surface area contributed by atoms with Crippen LogP contribution in [0.4, 0.5) is 5.69 Å². The third-order valence-electron chi connectivity index (χ3n) is 8.18. The van der Waals surface area contributed by atoms with Gasteiger partial charge in [-0.1, -0.05) is 49.6 Å². The average Bonchev–Trinajstić information content (AvgIpc) is 3.56. The molecule has 0 bridgehead atoms. The summed E-state index contributed by atoms with van der Waals surface area (Å²) in [5, 5.41) is 3.14. The number of nitrogens with zero attached hydrogens (tertiary/aromatic N) is 2. The summed E-state index contributed by atoms with van der Waals surface area (Å²) in [6.45, 7) is 5.73. The molecular weight excluding hydrogens is 606 g/mol. The lowest BCUT2D eigenvalue weighted by atomic mass is 10.1. The SMILES string of the molecule is CCOc1ccc(N(CC(=O)N(Cc2cccc(C)c2)C(CC)C(=O)NC2CCCC2)S(=O)(=O)c2ccc(OC)c(OC)c2)cc1. The molecule has 2 amide bonds. The first-order chi connectivity index (χ1) is 22.1. The Hall–Kier alpha value is -4.25. The topological polar surface area (TPSA) is 114 Å². The highest BCUT2D eigenvalue weighted by Gasteiger charge is 2.35. The predicted molar refractivity (Wildman–Crippen MR) is 178 cm³/mol. The molecule has 11 heteroatoms. The minimum atomic E-state index is -4.31. The van der Waals surface area contributed by atoms with E-state index in [0.717, 1.165) is 41.1 Å². The van der Waals surface area contributed by atoms with Crippen molar-refractivity contribution in [2.75, 3.05) is 31.7 Å². The van der Waals surface area contributed by atoms with Crippen LogP contribution in [0.15, 0.2) is 71.6 Å². The van der Waals surface area contributed by atoms with E-state index in [4.69, 9.17) is 14.2 Å². The molecule has 46 heavy (non-hydrogen) atoms. The van der Waals surface area contributed by atoms with E-state index in [1.165, 1.54) is 37.3 Å². The van der Waals surface area contributed by atoms with E-state index in [1.54, 1.807) is 24.3 Å². The fraction of sp³-hybridized carbons (Fsp3) is 0.429. The predicted octanol–water partition coefficient (Wildman–Crippen LogP) is 5.47. The molecule has 0 spiro atoms. The molecule has 4 rings (SSSR count). The molecule has 3 aromatic carbocycles. The number of methoxy groups -OCH3 is 2. The van der Waals surface area contributed by atoms with E-state index in [1.807, 2.05) is 45.0 Å². The summed E-state index contributed by atoms with van der Waals surface area (Å²) in [5.74, 6) is 0.432. The van der Waals surface area contributed by atoms with E-state index in [0.29, 0.717) is 24.5 Å². The van der Waals surface area contributed by atoms with E-state index in [-0.39, 0.29) is 34.8 Å². The first kappa shape index (κ1) is 34.6. The third-order valence-corrected chi connectivity index (χ3v) is 9.95. The highest BCUT2D eigenvalue weighted by Crippen LogP contribution is 2.33. The molecule has 1 fully saturated rings. The zero-order valence-corrected chi connectivity index (χ0v) is 28.1. The Morgan fingerprint density at radius 2 is 1.63 bits per heavy atom. The maximum Gasteiger partial charge on any atom is 0.264 e. The number of nitrogens with one attached hydrogen (secondary N) is 1. The van der Waals surface area contributed by atoms with E-state index in [2.05, 4.69) is 5.32 Å². The van der Waals surface area contributed by atoms with Crippen molar-refractivity contribution in [3.8, 4) is 17.2 Å². The highest BCUT2D eigenvalue weighted by atomic mass is 32.2. The molecule has 1 aliphatic carbocycles. The monoisotopic (exact) mass is 651 g/mol. The normalized spacial score (nSPS) is 13.9. The van der Waals surface area contributed by atoms with Crippen molar-refractivity contribution in [2.45, 2.75) is 76.4 Å². The van der Waals surface area contributed by atoms with Crippen molar-refractivity contribution in [2.24, 2.45) is 0 Å². The number of hydrogen-bond donors (Lipinski definition) is 1. The zero-order valence-electron chi connectivity index (χ0n) is 27.3. The molecule has 1 atom stereocenters. The number of amides is 2. The number of anilines is 1. The number of carbonyl (C=O) groups excluding carboxylic acids is 2. The Morgan fingerprint density at radius 3 is 2.24 bits per heavy atom. The van der Waals surface area contributed by atoms with Gasteiger partial charge in [-0.2, -0.15) is 0 Å². The summed E-state index contributed by atoms with van der Waals surface area (Å²) in [6, 6.07) is 17.8. The van der Waals surface area contributed by atoms with Crippen molar-refractivity contribution < 1.29 is 32.2 Å². The van der Waals surface area contributed by atoms with Crippen LogP contribution in [0.5, 0.6) is 17.2 Å². The summed E-state index contributed by atoms with van der Waals surface area (Å²) >= 11 is 0. The molecular formula is C35H45N3O7S. The summed E-state index contributed by atoms with van der Waals surface area (Å²) in [5.41, 5.74) is 2.13. The maximum atomic E-state index is 14.4. The summed E-state index contributed by atoms with van der Waals surface area (Å²) in [6.07, 6.45) is 4.28. The number of ether oxygens (including phenoxy) is 3. The molecule has 10 nitrogen and oxygen atoms in total. The molecule has 1 N–H and O–H groups in total. The van der Waals surface area contributed by atoms with Gasteiger partial charge in [-0.3, -0.25) is 13.9 Å². The number of sulfonamides is 1. The van der Waals surface area contributed by atoms with Crippen LogP contribution in [-0.4, -0.2) is 64.6 Å². The number of aryl methyl sites for hydroxylation is 1. The molecule has 1 unspecified atom stereocenters. The molecule has 0 aliphatic heterocycles. The van der Waals surface area contributed by atoms with Crippen LogP contribution in [0.25, 0.3) is 0 Å². The zero-order chi connectivity index (χ0) is 33.3. The van der Waals surface area contributed by atoms with Crippen LogP contribution >= 0.6 is 0 Å². The van der Waals surface area contributed by atoms with E-state index < -0.39 is 28.5 Å². The summed E-state index contributed by atoms with van der Waals surface area (Å²) in [4.78, 5) is 29.5. The van der Waals surface area contributed by atoms with Crippen LogP contribution in [0.1, 0.15) is 57.1 Å². The van der Waals surface area contributed by atoms with Gasteiger partial charge in [0.15, 0.2) is 11.5 Å². The minimum Gasteiger partial charge on any atom is -0.494 e.